The zero-order valence-electron chi connectivity index (χ0n) is 9.63. The first-order valence-electron chi connectivity index (χ1n) is 5.49. The number of hydrogen-bond acceptors (Lipinski definition) is 2. The Morgan fingerprint density at radius 1 is 1.44 bits per heavy atom. The Hall–Kier alpha value is -1.06. The standard InChI is InChI=1S/C13H15BrN2/c1-3-11-10(6-8-15)5-7-13(14,4-2)12(11)9-16/h5,7,12H,3-4,6H2,1-2H3. The summed E-state index contributed by atoms with van der Waals surface area (Å²) in [6.07, 6.45) is 6.10. The molecular formula is C13H15BrN2. The van der Waals surface area contributed by atoms with Gasteiger partial charge in [-0.1, -0.05) is 41.9 Å². The Kier molecular flexibility index (Phi) is 4.33. The van der Waals surface area contributed by atoms with E-state index in [2.05, 4.69) is 35.0 Å². The first-order chi connectivity index (χ1) is 7.62. The summed E-state index contributed by atoms with van der Waals surface area (Å²) in [6.45, 7) is 4.10. The summed E-state index contributed by atoms with van der Waals surface area (Å²) in [5, 5.41) is 18.1. The molecule has 0 bridgehead atoms. The monoisotopic (exact) mass is 278 g/mol. The van der Waals surface area contributed by atoms with Gasteiger partial charge in [-0.2, -0.15) is 10.5 Å². The molecule has 0 fully saturated rings. The van der Waals surface area contributed by atoms with E-state index < -0.39 is 0 Å². The SMILES string of the molecule is CCC1=C(CC#N)C=CC(Br)(CC)C1C#N. The van der Waals surface area contributed by atoms with Gasteiger partial charge in [0.05, 0.1) is 28.8 Å². The number of alkyl halides is 1. The predicted molar refractivity (Wildman–Crippen MR) is 67.7 cm³/mol. The minimum absolute atomic E-state index is 0.157. The second-order valence-corrected chi connectivity index (χ2v) is 5.39. The average Bonchev–Trinajstić information content (AvgIpc) is 2.31. The Bertz CT molecular complexity index is 409. The van der Waals surface area contributed by atoms with Crippen LogP contribution in [0.3, 0.4) is 0 Å². The fourth-order valence-electron chi connectivity index (χ4n) is 2.11. The molecular weight excluding hydrogens is 264 g/mol. The molecule has 2 unspecified atom stereocenters. The maximum atomic E-state index is 9.31. The van der Waals surface area contributed by atoms with E-state index in [9.17, 15) is 5.26 Å². The summed E-state index contributed by atoms with van der Waals surface area (Å²) >= 11 is 3.65. The normalized spacial score (nSPS) is 28.7. The zero-order valence-corrected chi connectivity index (χ0v) is 11.2. The van der Waals surface area contributed by atoms with Crippen LogP contribution in [0.25, 0.3) is 0 Å². The van der Waals surface area contributed by atoms with Crippen LogP contribution in [0.15, 0.2) is 23.3 Å². The molecule has 1 aliphatic rings. The molecule has 1 aliphatic carbocycles. The van der Waals surface area contributed by atoms with Gasteiger partial charge in [0.2, 0.25) is 0 Å². The van der Waals surface area contributed by atoms with Crippen molar-refractivity contribution in [2.75, 3.05) is 0 Å². The van der Waals surface area contributed by atoms with Crippen LogP contribution in [0, 0.1) is 28.6 Å². The zero-order chi connectivity index (χ0) is 12.2. The van der Waals surface area contributed by atoms with Gasteiger partial charge < -0.3 is 0 Å². The molecule has 0 saturated heterocycles. The lowest BCUT2D eigenvalue weighted by molar-refractivity contribution is 0.561. The lowest BCUT2D eigenvalue weighted by atomic mass is 9.77. The van der Waals surface area contributed by atoms with Crippen molar-refractivity contribution in [3.63, 3.8) is 0 Å². The Morgan fingerprint density at radius 2 is 2.12 bits per heavy atom. The van der Waals surface area contributed by atoms with Crippen LogP contribution in [-0.2, 0) is 0 Å². The summed E-state index contributed by atoms with van der Waals surface area (Å²) in [4.78, 5) is 0. The largest absolute Gasteiger partial charge is 0.198 e. The molecule has 0 N–H and O–H groups in total. The first kappa shape index (κ1) is 13.0. The van der Waals surface area contributed by atoms with Gasteiger partial charge in [-0.05, 0) is 24.0 Å². The molecule has 84 valence electrons. The van der Waals surface area contributed by atoms with Gasteiger partial charge >= 0.3 is 0 Å². The minimum Gasteiger partial charge on any atom is -0.198 e. The van der Waals surface area contributed by atoms with Crippen LogP contribution in [0.4, 0.5) is 0 Å². The summed E-state index contributed by atoms with van der Waals surface area (Å²) in [6, 6.07) is 4.53. The molecule has 0 radical (unpaired) electrons. The highest BCUT2D eigenvalue weighted by molar-refractivity contribution is 9.10. The Morgan fingerprint density at radius 3 is 2.56 bits per heavy atom. The van der Waals surface area contributed by atoms with Crippen LogP contribution in [-0.4, -0.2) is 4.32 Å². The number of rotatable bonds is 3. The maximum absolute atomic E-state index is 9.31. The van der Waals surface area contributed by atoms with Crippen molar-refractivity contribution in [1.82, 2.24) is 0 Å². The molecule has 0 spiro atoms. The highest BCUT2D eigenvalue weighted by atomic mass is 79.9. The predicted octanol–water partition coefficient (Wildman–Crippen LogP) is 3.86. The summed E-state index contributed by atoms with van der Waals surface area (Å²) in [5.74, 6) is -0.157. The molecule has 16 heavy (non-hydrogen) atoms. The molecule has 0 aromatic carbocycles. The summed E-state index contributed by atoms with van der Waals surface area (Å²) < 4.78 is -0.258. The highest BCUT2D eigenvalue weighted by Gasteiger charge is 2.37. The smallest absolute Gasteiger partial charge is 0.0866 e. The van der Waals surface area contributed by atoms with Crippen LogP contribution in [0.5, 0.6) is 0 Å². The molecule has 0 saturated carbocycles. The van der Waals surface area contributed by atoms with E-state index in [-0.39, 0.29) is 10.2 Å². The summed E-state index contributed by atoms with van der Waals surface area (Å²) in [5.41, 5.74) is 2.12. The van der Waals surface area contributed by atoms with Crippen molar-refractivity contribution in [2.45, 2.75) is 37.4 Å². The highest BCUT2D eigenvalue weighted by Crippen LogP contribution is 2.43. The number of hydrogen-bond donors (Lipinski definition) is 0. The molecule has 2 nitrogen and oxygen atoms in total. The van der Waals surface area contributed by atoms with Gasteiger partial charge in [-0.15, -0.1) is 0 Å². The van der Waals surface area contributed by atoms with Crippen LogP contribution in [0.1, 0.15) is 33.1 Å². The lowest BCUT2D eigenvalue weighted by Crippen LogP contribution is -2.31. The second-order valence-electron chi connectivity index (χ2n) is 3.91. The Labute approximate surface area is 105 Å². The van der Waals surface area contributed by atoms with E-state index >= 15 is 0 Å². The average molecular weight is 279 g/mol. The third-order valence-corrected chi connectivity index (χ3v) is 4.41. The van der Waals surface area contributed by atoms with Gasteiger partial charge in [0.1, 0.15) is 0 Å². The molecule has 0 aromatic heterocycles. The van der Waals surface area contributed by atoms with Crippen molar-refractivity contribution in [3.05, 3.63) is 23.3 Å². The molecule has 0 aliphatic heterocycles. The molecule has 0 heterocycles. The van der Waals surface area contributed by atoms with E-state index in [1.807, 2.05) is 19.1 Å². The van der Waals surface area contributed by atoms with Crippen LogP contribution < -0.4 is 0 Å². The van der Waals surface area contributed by atoms with Crippen molar-refractivity contribution in [1.29, 1.82) is 10.5 Å². The number of nitriles is 2. The van der Waals surface area contributed by atoms with Gasteiger partial charge in [0.15, 0.2) is 0 Å². The fourth-order valence-corrected chi connectivity index (χ4v) is 2.62. The van der Waals surface area contributed by atoms with Gasteiger partial charge in [0.25, 0.3) is 0 Å². The van der Waals surface area contributed by atoms with Crippen molar-refractivity contribution >= 4 is 15.9 Å². The van der Waals surface area contributed by atoms with E-state index in [0.717, 1.165) is 24.0 Å². The van der Waals surface area contributed by atoms with E-state index in [0.29, 0.717) is 6.42 Å². The molecule has 1 rings (SSSR count). The Balaban J connectivity index is 3.20. The van der Waals surface area contributed by atoms with Crippen molar-refractivity contribution < 1.29 is 0 Å². The third-order valence-electron chi connectivity index (χ3n) is 3.12. The summed E-state index contributed by atoms with van der Waals surface area (Å²) in [7, 11) is 0. The van der Waals surface area contributed by atoms with Crippen LogP contribution in [0.2, 0.25) is 0 Å². The number of halogens is 1. The topological polar surface area (TPSA) is 47.6 Å². The van der Waals surface area contributed by atoms with E-state index in [1.54, 1.807) is 0 Å². The van der Waals surface area contributed by atoms with Crippen molar-refractivity contribution in [2.24, 2.45) is 5.92 Å². The second kappa shape index (κ2) is 5.32. The maximum Gasteiger partial charge on any atom is 0.0866 e. The number of allylic oxidation sites excluding steroid dienone is 4. The minimum atomic E-state index is -0.258. The molecule has 3 heteroatoms. The fraction of sp³-hybridized carbons (Fsp3) is 0.538. The van der Waals surface area contributed by atoms with E-state index in [4.69, 9.17) is 5.26 Å². The van der Waals surface area contributed by atoms with Crippen LogP contribution >= 0.6 is 15.9 Å². The van der Waals surface area contributed by atoms with E-state index in [1.165, 1.54) is 0 Å². The van der Waals surface area contributed by atoms with Gasteiger partial charge in [-0.3, -0.25) is 0 Å². The molecule has 0 amide bonds. The molecule has 0 aromatic rings. The van der Waals surface area contributed by atoms with Crippen molar-refractivity contribution in [3.8, 4) is 12.1 Å². The quantitative estimate of drug-likeness (QED) is 0.736. The van der Waals surface area contributed by atoms with Gasteiger partial charge in [-0.25, -0.2) is 0 Å². The third kappa shape index (κ3) is 2.20. The van der Waals surface area contributed by atoms with Gasteiger partial charge in [0, 0.05) is 0 Å². The first-order valence-corrected chi connectivity index (χ1v) is 6.28. The molecule has 2 atom stereocenters. The lowest BCUT2D eigenvalue weighted by Gasteiger charge is -2.33. The number of nitrogens with zero attached hydrogens (tertiary/aromatic N) is 2.